The summed E-state index contributed by atoms with van der Waals surface area (Å²) < 4.78 is 5.15. The highest BCUT2D eigenvalue weighted by molar-refractivity contribution is 5.78. The summed E-state index contributed by atoms with van der Waals surface area (Å²) in [5.74, 6) is 0.473. The zero-order valence-corrected chi connectivity index (χ0v) is 11.0. The summed E-state index contributed by atoms with van der Waals surface area (Å²) in [7, 11) is 3.52. The van der Waals surface area contributed by atoms with E-state index in [2.05, 4.69) is 4.90 Å². The fourth-order valence-corrected chi connectivity index (χ4v) is 2.18. The zero-order valence-electron chi connectivity index (χ0n) is 11.0. The average molecular weight is 263 g/mol. The third-order valence-electron chi connectivity index (χ3n) is 3.30. The van der Waals surface area contributed by atoms with Crippen molar-refractivity contribution in [2.45, 2.75) is 6.42 Å². The van der Waals surface area contributed by atoms with Crippen LogP contribution in [0.1, 0.15) is 12.0 Å². The molecule has 0 aromatic heterocycles. The molecule has 0 fully saturated rings. The average Bonchev–Trinajstić information content (AvgIpc) is 2.39. The lowest BCUT2D eigenvalue weighted by Gasteiger charge is -2.22. The number of nitrogens with two attached hydrogens (primary N) is 1. The molecule has 6 nitrogen and oxygen atoms in total. The summed E-state index contributed by atoms with van der Waals surface area (Å²) in [6.07, 6.45) is 2.80. The van der Waals surface area contributed by atoms with Crippen molar-refractivity contribution in [3.63, 3.8) is 0 Å². The maximum atomic E-state index is 11.2. The number of nitrogen functional groups attached to an aromatic ring is 1. The minimum Gasteiger partial charge on any atom is -0.495 e. The van der Waals surface area contributed by atoms with E-state index in [1.807, 2.05) is 13.1 Å². The Kier molecular flexibility index (Phi) is 3.71. The second-order valence-corrected chi connectivity index (χ2v) is 4.61. The van der Waals surface area contributed by atoms with Crippen LogP contribution in [-0.4, -0.2) is 37.1 Å². The van der Waals surface area contributed by atoms with E-state index in [1.165, 1.54) is 13.2 Å². The minimum atomic E-state index is -0.399. The molecule has 1 aromatic rings. The summed E-state index contributed by atoms with van der Waals surface area (Å²) >= 11 is 0. The molecule has 1 aliphatic rings. The number of ether oxygens (including phenoxy) is 1. The number of methoxy groups -OCH3 is 1. The van der Waals surface area contributed by atoms with E-state index in [-0.39, 0.29) is 11.4 Å². The van der Waals surface area contributed by atoms with Gasteiger partial charge in [0.15, 0.2) is 0 Å². The molecule has 6 heteroatoms. The molecule has 102 valence electrons. The van der Waals surface area contributed by atoms with Crippen LogP contribution < -0.4 is 10.5 Å². The van der Waals surface area contributed by atoms with Gasteiger partial charge in [0, 0.05) is 19.2 Å². The van der Waals surface area contributed by atoms with E-state index in [0.717, 1.165) is 25.1 Å². The van der Waals surface area contributed by atoms with Crippen LogP contribution in [0.25, 0.3) is 5.57 Å². The fourth-order valence-electron chi connectivity index (χ4n) is 2.18. The summed E-state index contributed by atoms with van der Waals surface area (Å²) in [6, 6.07) is 3.03. The molecule has 2 N–H and O–H groups in total. The molecule has 0 saturated carbocycles. The first-order chi connectivity index (χ1) is 9.02. The van der Waals surface area contributed by atoms with Crippen molar-refractivity contribution in [3.05, 3.63) is 33.9 Å². The monoisotopic (exact) mass is 263 g/mol. The lowest BCUT2D eigenvalue weighted by atomic mass is 9.97. The number of likely N-dealkylation sites (N-methyl/N-ethyl adjacent to an activating group) is 1. The number of hydrogen-bond acceptors (Lipinski definition) is 5. The number of nitrogens with zero attached hydrogens (tertiary/aromatic N) is 2. The Morgan fingerprint density at radius 3 is 2.74 bits per heavy atom. The van der Waals surface area contributed by atoms with Gasteiger partial charge in [-0.3, -0.25) is 10.1 Å². The van der Waals surface area contributed by atoms with E-state index in [1.54, 1.807) is 6.07 Å². The Labute approximate surface area is 111 Å². The Hall–Kier alpha value is -2.08. The third-order valence-corrected chi connectivity index (χ3v) is 3.30. The smallest absolute Gasteiger partial charge is 0.279 e. The van der Waals surface area contributed by atoms with Crippen LogP contribution >= 0.6 is 0 Å². The van der Waals surface area contributed by atoms with E-state index in [0.29, 0.717) is 11.3 Å². The van der Waals surface area contributed by atoms with E-state index >= 15 is 0 Å². The molecule has 0 spiro atoms. The van der Waals surface area contributed by atoms with Gasteiger partial charge in [-0.05, 0) is 25.1 Å². The molecule has 1 heterocycles. The highest BCUT2D eigenvalue weighted by Crippen LogP contribution is 2.36. The van der Waals surface area contributed by atoms with Crippen LogP contribution in [-0.2, 0) is 0 Å². The Bertz CT molecular complexity index is 540. The lowest BCUT2D eigenvalue weighted by molar-refractivity contribution is -0.385. The lowest BCUT2D eigenvalue weighted by Crippen LogP contribution is -2.23. The topological polar surface area (TPSA) is 81.6 Å². The second kappa shape index (κ2) is 5.27. The quantitative estimate of drug-likeness (QED) is 0.511. The summed E-state index contributed by atoms with van der Waals surface area (Å²) in [6.45, 7) is 1.68. The third kappa shape index (κ3) is 2.68. The molecule has 1 aliphatic heterocycles. The minimum absolute atomic E-state index is 0.0362. The van der Waals surface area contributed by atoms with E-state index in [4.69, 9.17) is 10.5 Å². The molecule has 0 saturated heterocycles. The maximum absolute atomic E-state index is 11.2. The van der Waals surface area contributed by atoms with E-state index < -0.39 is 4.92 Å². The predicted octanol–water partition coefficient (Wildman–Crippen LogP) is 1.90. The van der Waals surface area contributed by atoms with Crippen molar-refractivity contribution < 1.29 is 9.66 Å². The highest BCUT2D eigenvalue weighted by atomic mass is 16.6. The van der Waals surface area contributed by atoms with Crippen LogP contribution in [0.5, 0.6) is 5.75 Å². The number of benzene rings is 1. The number of nitro groups is 1. The van der Waals surface area contributed by atoms with Crippen molar-refractivity contribution in [2.24, 2.45) is 0 Å². The molecule has 2 rings (SSSR count). The molecular weight excluding hydrogens is 246 g/mol. The molecule has 0 amide bonds. The van der Waals surface area contributed by atoms with Crippen LogP contribution in [0.15, 0.2) is 18.2 Å². The van der Waals surface area contributed by atoms with Gasteiger partial charge < -0.3 is 15.4 Å². The van der Waals surface area contributed by atoms with Gasteiger partial charge in [-0.15, -0.1) is 0 Å². The van der Waals surface area contributed by atoms with Gasteiger partial charge in [0.2, 0.25) is 0 Å². The van der Waals surface area contributed by atoms with Crippen LogP contribution in [0, 0.1) is 10.1 Å². The van der Waals surface area contributed by atoms with E-state index in [9.17, 15) is 10.1 Å². The predicted molar refractivity (Wildman–Crippen MR) is 74.2 cm³/mol. The Balaban J connectivity index is 2.51. The number of rotatable bonds is 3. The van der Waals surface area contributed by atoms with Crippen molar-refractivity contribution in [2.75, 3.05) is 33.0 Å². The normalized spacial score (nSPS) is 16.0. The molecule has 1 aromatic carbocycles. The largest absolute Gasteiger partial charge is 0.495 e. The Morgan fingerprint density at radius 1 is 1.47 bits per heavy atom. The van der Waals surface area contributed by atoms with Crippen molar-refractivity contribution >= 4 is 16.9 Å². The van der Waals surface area contributed by atoms with Crippen molar-refractivity contribution in [1.82, 2.24) is 4.90 Å². The van der Waals surface area contributed by atoms with Crippen molar-refractivity contribution in [1.29, 1.82) is 0 Å². The summed E-state index contributed by atoms with van der Waals surface area (Å²) in [4.78, 5) is 12.9. The van der Waals surface area contributed by atoms with Gasteiger partial charge in [0.1, 0.15) is 5.75 Å². The molecular formula is C13H17N3O3. The summed E-state index contributed by atoms with van der Waals surface area (Å²) in [5, 5.41) is 11.2. The van der Waals surface area contributed by atoms with Crippen molar-refractivity contribution in [3.8, 4) is 5.75 Å². The van der Waals surface area contributed by atoms with Gasteiger partial charge in [0.05, 0.1) is 23.3 Å². The SMILES string of the molecule is COc1cc(C2=CCN(C)CC2)c([N+](=O)[O-])cc1N. The van der Waals surface area contributed by atoms with Crippen LogP contribution in [0.2, 0.25) is 0 Å². The molecule has 0 bridgehead atoms. The van der Waals surface area contributed by atoms with Gasteiger partial charge in [0.25, 0.3) is 5.69 Å². The first kappa shape index (κ1) is 13.4. The van der Waals surface area contributed by atoms with Crippen LogP contribution in [0.3, 0.4) is 0 Å². The Morgan fingerprint density at radius 2 is 2.21 bits per heavy atom. The highest BCUT2D eigenvalue weighted by Gasteiger charge is 2.22. The number of hydrogen-bond donors (Lipinski definition) is 1. The molecule has 0 atom stereocenters. The molecule has 0 unspecified atom stereocenters. The van der Waals surface area contributed by atoms with Gasteiger partial charge in [-0.25, -0.2) is 0 Å². The molecule has 19 heavy (non-hydrogen) atoms. The van der Waals surface area contributed by atoms with Crippen LogP contribution in [0.4, 0.5) is 11.4 Å². The van der Waals surface area contributed by atoms with Gasteiger partial charge in [-0.1, -0.05) is 6.08 Å². The first-order valence-electron chi connectivity index (χ1n) is 6.02. The standard InChI is InChI=1S/C13H17N3O3/c1-15-5-3-9(4-6-15)10-7-13(19-2)11(14)8-12(10)16(17)18/h3,7-8H,4-6,14H2,1-2H3. The molecule has 0 radical (unpaired) electrons. The van der Waals surface area contributed by atoms with Gasteiger partial charge >= 0.3 is 0 Å². The molecule has 0 aliphatic carbocycles. The summed E-state index contributed by atoms with van der Waals surface area (Å²) in [5.41, 5.74) is 7.63. The number of nitro benzene ring substituents is 1. The number of anilines is 1. The maximum Gasteiger partial charge on any atom is 0.279 e. The first-order valence-corrected chi connectivity index (χ1v) is 6.02. The fraction of sp³-hybridized carbons (Fsp3) is 0.385. The van der Waals surface area contributed by atoms with Gasteiger partial charge in [-0.2, -0.15) is 0 Å². The zero-order chi connectivity index (χ0) is 14.0. The second-order valence-electron chi connectivity index (χ2n) is 4.61.